The summed E-state index contributed by atoms with van der Waals surface area (Å²) in [6.07, 6.45) is 16.7. The van der Waals surface area contributed by atoms with E-state index in [2.05, 4.69) is 27.7 Å². The molecule has 0 bridgehead atoms. The number of rotatable bonds is 21. The van der Waals surface area contributed by atoms with Gasteiger partial charge in [0.15, 0.2) is 0 Å². The van der Waals surface area contributed by atoms with Gasteiger partial charge in [-0.05, 0) is 98.5 Å². The number of hydrogen-bond donors (Lipinski definition) is 3. The fourth-order valence-corrected chi connectivity index (χ4v) is 11.9. The van der Waals surface area contributed by atoms with Crippen LogP contribution in [0.3, 0.4) is 0 Å². The van der Waals surface area contributed by atoms with Gasteiger partial charge in [-0.15, -0.1) is 0 Å². The van der Waals surface area contributed by atoms with Gasteiger partial charge >= 0.3 is 17.9 Å². The zero-order valence-electron chi connectivity index (χ0n) is 33.5. The molecule has 5 rings (SSSR count). The highest BCUT2D eigenvalue weighted by Crippen LogP contribution is 2.72. The smallest absolute Gasteiger partial charge is 0.307 e. The average molecular weight is 744 g/mol. The molecule has 4 saturated carbocycles. The van der Waals surface area contributed by atoms with Crippen molar-refractivity contribution in [1.29, 1.82) is 0 Å². The fourth-order valence-electron chi connectivity index (χ4n) is 11.9. The minimum Gasteiger partial charge on any atom is -0.494 e. The highest BCUT2D eigenvalue weighted by Gasteiger charge is 2.70. The monoisotopic (exact) mass is 744 g/mol. The molecule has 302 valence electrons. The Hall–Kier alpha value is -2.17. The number of fused-ring (bicyclic) bond motifs is 2. The largest absolute Gasteiger partial charge is 0.494 e. The Labute approximate surface area is 319 Å². The van der Waals surface area contributed by atoms with Crippen molar-refractivity contribution < 1.29 is 33.3 Å². The molecule has 4 fully saturated rings. The molecule has 5 aliphatic rings. The second-order valence-electron chi connectivity index (χ2n) is 17.8. The van der Waals surface area contributed by atoms with Crippen LogP contribution in [0, 0.1) is 46.3 Å². The molecule has 1 heterocycles. The van der Waals surface area contributed by atoms with Gasteiger partial charge in [0.2, 0.25) is 0 Å². The molecule has 0 radical (unpaired) electrons. The fraction of sp³-hybridized carbons (Fsp3) is 0.884. The maximum absolute atomic E-state index is 13.3. The molecular formula is C43H73N3O7. The first-order valence-corrected chi connectivity index (χ1v) is 21.5. The maximum Gasteiger partial charge on any atom is 0.307 e. The van der Waals surface area contributed by atoms with Gasteiger partial charge in [-0.25, -0.2) is 0 Å². The predicted molar refractivity (Wildman–Crippen MR) is 206 cm³/mol. The van der Waals surface area contributed by atoms with Crippen molar-refractivity contribution >= 4 is 17.9 Å². The van der Waals surface area contributed by atoms with Crippen LogP contribution in [-0.4, -0.2) is 62.5 Å². The molecule has 10 heteroatoms. The molecule has 11 atom stereocenters. The Morgan fingerprint density at radius 2 is 1.53 bits per heavy atom. The summed E-state index contributed by atoms with van der Waals surface area (Å²) < 4.78 is 25.2. The van der Waals surface area contributed by atoms with Gasteiger partial charge < -0.3 is 36.1 Å². The first-order valence-electron chi connectivity index (χ1n) is 21.5. The zero-order valence-corrected chi connectivity index (χ0v) is 33.5. The van der Waals surface area contributed by atoms with Crippen molar-refractivity contribution in [2.24, 2.45) is 63.5 Å². The topological polar surface area (TPSA) is 166 Å². The number of allylic oxidation sites excluding steroid dienone is 1. The summed E-state index contributed by atoms with van der Waals surface area (Å²) in [7, 11) is 0. The van der Waals surface area contributed by atoms with Gasteiger partial charge in [0.05, 0.1) is 25.2 Å². The van der Waals surface area contributed by atoms with Gasteiger partial charge in [-0.2, -0.15) is 0 Å². The molecule has 0 spiro atoms. The minimum absolute atomic E-state index is 0.000150. The standard InChI is InChI=1S/C43H73N3O7/c1-5-6-7-8-9-10-11-12-23-50-37(47)14-13-28(2)32-26-31-34(16-20-44)52-35-25-29-24-30(51-38(48)17-21-45)15-19-42(29,3)33-27-36(53-39(49)18-22-46)43(32,4)41(31)40(33)35/h28-30,32-33,35-36,40-41H,5-27,44-46H2,1-4H3/t28-,29+,30-,32-,33?,35-,36+,40+,41+,42+,43+/m1/s1. The lowest BCUT2D eigenvalue weighted by Crippen LogP contribution is -2.64. The van der Waals surface area contributed by atoms with Crippen molar-refractivity contribution in [1.82, 2.24) is 0 Å². The molecule has 53 heavy (non-hydrogen) atoms. The third-order valence-corrected chi connectivity index (χ3v) is 14.6. The molecule has 6 N–H and O–H groups in total. The second-order valence-corrected chi connectivity index (χ2v) is 17.8. The van der Waals surface area contributed by atoms with Crippen LogP contribution in [0.5, 0.6) is 0 Å². The molecule has 10 nitrogen and oxygen atoms in total. The Balaban J connectivity index is 1.33. The predicted octanol–water partition coefficient (Wildman–Crippen LogP) is 7.10. The summed E-state index contributed by atoms with van der Waals surface area (Å²) in [5, 5.41) is 0. The van der Waals surface area contributed by atoms with Crippen LogP contribution in [0.25, 0.3) is 0 Å². The summed E-state index contributed by atoms with van der Waals surface area (Å²) in [4.78, 5) is 38.7. The van der Waals surface area contributed by atoms with Crippen LogP contribution in [0.2, 0.25) is 0 Å². The molecule has 0 saturated heterocycles. The second kappa shape index (κ2) is 19.1. The summed E-state index contributed by atoms with van der Waals surface area (Å²) in [6.45, 7) is 10.9. The van der Waals surface area contributed by atoms with E-state index in [-0.39, 0.29) is 90.1 Å². The van der Waals surface area contributed by atoms with Gasteiger partial charge in [-0.3, -0.25) is 14.4 Å². The minimum atomic E-state index is -0.318. The highest BCUT2D eigenvalue weighted by molar-refractivity contribution is 5.70. The molecule has 4 aliphatic carbocycles. The molecule has 0 aromatic heterocycles. The molecule has 1 aliphatic heterocycles. The van der Waals surface area contributed by atoms with E-state index < -0.39 is 0 Å². The summed E-state index contributed by atoms with van der Waals surface area (Å²) in [5.74, 6) is 1.99. The van der Waals surface area contributed by atoms with Crippen LogP contribution in [0.15, 0.2) is 11.3 Å². The van der Waals surface area contributed by atoms with Crippen LogP contribution in [-0.2, 0) is 33.3 Å². The van der Waals surface area contributed by atoms with Crippen molar-refractivity contribution in [3.8, 4) is 0 Å². The first-order chi connectivity index (χ1) is 25.5. The lowest BCUT2D eigenvalue weighted by Gasteiger charge is -2.65. The first kappa shape index (κ1) is 42.0. The summed E-state index contributed by atoms with van der Waals surface area (Å²) in [5.41, 5.74) is 18.8. The van der Waals surface area contributed by atoms with E-state index in [0.717, 1.165) is 63.5 Å². The normalized spacial score (nSPS) is 34.8. The van der Waals surface area contributed by atoms with Crippen LogP contribution in [0.1, 0.15) is 150 Å². The van der Waals surface area contributed by atoms with E-state index >= 15 is 0 Å². The number of carbonyl (C=O) groups excluding carboxylic acids is 3. The van der Waals surface area contributed by atoms with Gasteiger partial charge in [0.1, 0.15) is 18.3 Å². The SMILES string of the molecule is CCCCCCCCCCOC(=O)CC[C@@H](C)[C@H]1CC2=C(CCN)O[C@@H]3C[C@@H]4C[C@H](OC(=O)CCN)CC[C@]4(C)C4C[C@H](OC(=O)CCN)[C@@]1(C)[C@@H]2[C@@H]43. The van der Waals surface area contributed by atoms with Crippen LogP contribution >= 0.6 is 0 Å². The van der Waals surface area contributed by atoms with Crippen LogP contribution < -0.4 is 17.2 Å². The molecular weight excluding hydrogens is 670 g/mol. The lowest BCUT2D eigenvalue weighted by molar-refractivity contribution is -0.224. The maximum atomic E-state index is 13.3. The molecule has 0 amide bonds. The van der Waals surface area contributed by atoms with E-state index in [1.165, 1.54) is 44.1 Å². The van der Waals surface area contributed by atoms with E-state index in [1.807, 2.05) is 0 Å². The third-order valence-electron chi connectivity index (χ3n) is 14.6. The van der Waals surface area contributed by atoms with Crippen molar-refractivity contribution in [3.63, 3.8) is 0 Å². The van der Waals surface area contributed by atoms with Gasteiger partial charge in [0, 0.05) is 37.3 Å². The summed E-state index contributed by atoms with van der Waals surface area (Å²) >= 11 is 0. The van der Waals surface area contributed by atoms with Crippen molar-refractivity contribution in [3.05, 3.63) is 11.3 Å². The van der Waals surface area contributed by atoms with Gasteiger partial charge in [0.25, 0.3) is 0 Å². The Kier molecular flexibility index (Phi) is 15.1. The van der Waals surface area contributed by atoms with E-state index in [0.29, 0.717) is 44.4 Å². The molecule has 1 unspecified atom stereocenters. The number of unbranched alkanes of at least 4 members (excludes halogenated alkanes) is 7. The number of esters is 3. The number of carbonyl (C=O) groups is 3. The highest BCUT2D eigenvalue weighted by atomic mass is 16.6. The van der Waals surface area contributed by atoms with Crippen LogP contribution in [0.4, 0.5) is 0 Å². The number of nitrogens with two attached hydrogens (primary N) is 3. The molecule has 0 aromatic carbocycles. The van der Waals surface area contributed by atoms with Crippen molar-refractivity contribution in [2.45, 2.75) is 168 Å². The molecule has 0 aromatic rings. The van der Waals surface area contributed by atoms with Gasteiger partial charge in [-0.1, -0.05) is 72.6 Å². The van der Waals surface area contributed by atoms with E-state index in [1.54, 1.807) is 0 Å². The van der Waals surface area contributed by atoms with E-state index in [9.17, 15) is 14.4 Å². The van der Waals surface area contributed by atoms with Crippen molar-refractivity contribution in [2.75, 3.05) is 26.2 Å². The third kappa shape index (κ3) is 9.28. The number of ether oxygens (including phenoxy) is 4. The Morgan fingerprint density at radius 1 is 0.849 bits per heavy atom. The zero-order chi connectivity index (χ0) is 38.2. The Morgan fingerprint density at radius 3 is 2.21 bits per heavy atom. The average Bonchev–Trinajstić information content (AvgIpc) is 3.45. The Bertz CT molecular complexity index is 1270. The quantitative estimate of drug-likeness (QED) is 0.0627. The lowest BCUT2D eigenvalue weighted by atomic mass is 9.42. The summed E-state index contributed by atoms with van der Waals surface area (Å²) in [6, 6.07) is 0. The van der Waals surface area contributed by atoms with E-state index in [4.69, 9.17) is 36.1 Å². The number of hydrogen-bond acceptors (Lipinski definition) is 10.